The van der Waals surface area contributed by atoms with Gasteiger partial charge in [0, 0.05) is 19.2 Å². The van der Waals surface area contributed by atoms with Gasteiger partial charge in [0.1, 0.15) is 10.4 Å². The lowest BCUT2D eigenvalue weighted by molar-refractivity contribution is 0.100. The van der Waals surface area contributed by atoms with Crippen LogP contribution in [0.25, 0.3) is 0 Å². The molecule has 0 atom stereocenters. The first kappa shape index (κ1) is 14.7. The van der Waals surface area contributed by atoms with Gasteiger partial charge >= 0.3 is 0 Å². The van der Waals surface area contributed by atoms with Crippen LogP contribution in [-0.4, -0.2) is 26.6 Å². The van der Waals surface area contributed by atoms with Crippen molar-refractivity contribution < 1.29 is 9.59 Å². The standard InChI is InChI=1S/C14H17N5O2S/c1-19-6-9(12(15)20)13(18-19)17-14(21)11-10(16-7-22-11)8-4-2-3-5-8/h6-8H,2-5H2,1H3,(H2,15,20)(H,17,18,21). The van der Waals surface area contributed by atoms with Gasteiger partial charge in [-0.1, -0.05) is 12.8 Å². The first-order valence-electron chi connectivity index (χ1n) is 7.14. The van der Waals surface area contributed by atoms with Crippen LogP contribution >= 0.6 is 11.3 Å². The predicted octanol–water partition coefficient (Wildman–Crippen LogP) is 1.89. The molecule has 8 heteroatoms. The van der Waals surface area contributed by atoms with Gasteiger partial charge in [-0.25, -0.2) is 4.98 Å². The predicted molar refractivity (Wildman–Crippen MR) is 83.0 cm³/mol. The summed E-state index contributed by atoms with van der Waals surface area (Å²) < 4.78 is 1.44. The second-order valence-corrected chi connectivity index (χ2v) is 6.29. The summed E-state index contributed by atoms with van der Waals surface area (Å²) in [6.45, 7) is 0. The van der Waals surface area contributed by atoms with Crippen LogP contribution in [0.3, 0.4) is 0 Å². The van der Waals surface area contributed by atoms with Gasteiger partial charge in [-0.15, -0.1) is 11.3 Å². The maximum absolute atomic E-state index is 12.5. The van der Waals surface area contributed by atoms with Gasteiger partial charge in [0.25, 0.3) is 11.8 Å². The van der Waals surface area contributed by atoms with Gasteiger partial charge in [-0.2, -0.15) is 5.10 Å². The zero-order valence-corrected chi connectivity index (χ0v) is 13.0. The highest BCUT2D eigenvalue weighted by Crippen LogP contribution is 2.36. The van der Waals surface area contributed by atoms with E-state index < -0.39 is 5.91 Å². The second-order valence-electron chi connectivity index (χ2n) is 5.43. The Balaban J connectivity index is 1.84. The highest BCUT2D eigenvalue weighted by Gasteiger charge is 2.26. The summed E-state index contributed by atoms with van der Waals surface area (Å²) in [4.78, 5) is 28.8. The number of thiazole rings is 1. The van der Waals surface area contributed by atoms with Crippen molar-refractivity contribution in [2.45, 2.75) is 31.6 Å². The minimum atomic E-state index is -0.622. The third-order valence-corrected chi connectivity index (χ3v) is 4.71. The number of anilines is 1. The SMILES string of the molecule is Cn1cc(C(N)=O)c(NC(=O)c2scnc2C2CCCC2)n1. The van der Waals surface area contributed by atoms with E-state index in [2.05, 4.69) is 15.4 Å². The second kappa shape index (κ2) is 5.88. The Labute approximate surface area is 131 Å². The van der Waals surface area contributed by atoms with Crippen LogP contribution in [0, 0.1) is 0 Å². The fourth-order valence-corrected chi connectivity index (χ4v) is 3.61. The zero-order valence-electron chi connectivity index (χ0n) is 12.2. The largest absolute Gasteiger partial charge is 0.365 e. The third-order valence-electron chi connectivity index (χ3n) is 3.87. The average Bonchev–Trinajstić information content (AvgIpc) is 3.17. The normalized spacial score (nSPS) is 15.1. The van der Waals surface area contributed by atoms with Crippen LogP contribution in [0.4, 0.5) is 5.82 Å². The summed E-state index contributed by atoms with van der Waals surface area (Å²) in [5, 5.41) is 6.75. The van der Waals surface area contributed by atoms with Gasteiger partial charge in [0.2, 0.25) is 0 Å². The van der Waals surface area contributed by atoms with Crippen LogP contribution in [0.2, 0.25) is 0 Å². The molecule has 0 aromatic carbocycles. The van der Waals surface area contributed by atoms with E-state index in [9.17, 15) is 9.59 Å². The first-order chi connectivity index (χ1) is 10.6. The number of carbonyl (C=O) groups excluding carboxylic acids is 2. The lowest BCUT2D eigenvalue weighted by atomic mass is 10.0. The molecule has 2 heterocycles. The minimum Gasteiger partial charge on any atom is -0.365 e. The third kappa shape index (κ3) is 2.74. The molecule has 2 amide bonds. The Kier molecular flexibility index (Phi) is 3.93. The number of rotatable bonds is 4. The Morgan fingerprint density at radius 1 is 1.41 bits per heavy atom. The Morgan fingerprint density at radius 2 is 2.14 bits per heavy atom. The smallest absolute Gasteiger partial charge is 0.268 e. The molecule has 2 aromatic rings. The number of aromatic nitrogens is 3. The molecule has 0 bridgehead atoms. The Bertz CT molecular complexity index is 715. The Hall–Kier alpha value is -2.22. The number of nitrogens with two attached hydrogens (primary N) is 1. The molecule has 2 aromatic heterocycles. The summed E-state index contributed by atoms with van der Waals surface area (Å²) in [5.74, 6) is -0.369. The summed E-state index contributed by atoms with van der Waals surface area (Å²) >= 11 is 1.31. The van der Waals surface area contributed by atoms with E-state index in [1.54, 1.807) is 12.6 Å². The molecule has 1 aliphatic rings. The molecule has 7 nitrogen and oxygen atoms in total. The van der Waals surface area contributed by atoms with Crippen LogP contribution in [0.15, 0.2) is 11.7 Å². The molecule has 1 aliphatic carbocycles. The van der Waals surface area contributed by atoms with Crippen molar-refractivity contribution in [3.8, 4) is 0 Å². The molecule has 0 radical (unpaired) electrons. The molecule has 0 saturated heterocycles. The molecule has 1 saturated carbocycles. The molecule has 0 aliphatic heterocycles. The van der Waals surface area contributed by atoms with Gasteiger partial charge in [0.15, 0.2) is 5.82 Å². The van der Waals surface area contributed by atoms with E-state index in [0.29, 0.717) is 10.8 Å². The monoisotopic (exact) mass is 319 g/mol. The molecule has 3 N–H and O–H groups in total. The maximum atomic E-state index is 12.5. The van der Waals surface area contributed by atoms with E-state index in [1.165, 1.54) is 35.1 Å². The van der Waals surface area contributed by atoms with Crippen molar-refractivity contribution in [3.05, 3.63) is 27.8 Å². The molecule has 1 fully saturated rings. The lowest BCUT2D eigenvalue weighted by Gasteiger charge is -2.08. The van der Waals surface area contributed by atoms with Gasteiger partial charge in [0.05, 0.1) is 11.2 Å². The fraction of sp³-hybridized carbons (Fsp3) is 0.429. The van der Waals surface area contributed by atoms with Crippen molar-refractivity contribution in [2.24, 2.45) is 12.8 Å². The summed E-state index contributed by atoms with van der Waals surface area (Å²) in [6.07, 6.45) is 5.98. The summed E-state index contributed by atoms with van der Waals surface area (Å²) in [6, 6.07) is 0. The highest BCUT2D eigenvalue weighted by atomic mass is 32.1. The number of carbonyl (C=O) groups is 2. The van der Waals surface area contributed by atoms with Gasteiger partial charge in [-0.05, 0) is 12.8 Å². The Morgan fingerprint density at radius 3 is 2.82 bits per heavy atom. The quantitative estimate of drug-likeness (QED) is 0.898. The molecule has 116 valence electrons. The first-order valence-corrected chi connectivity index (χ1v) is 8.02. The van der Waals surface area contributed by atoms with Crippen molar-refractivity contribution in [1.29, 1.82) is 0 Å². The lowest BCUT2D eigenvalue weighted by Crippen LogP contribution is -2.18. The average molecular weight is 319 g/mol. The van der Waals surface area contributed by atoms with Crippen LogP contribution in [-0.2, 0) is 7.05 Å². The van der Waals surface area contributed by atoms with E-state index in [0.717, 1.165) is 18.5 Å². The zero-order chi connectivity index (χ0) is 15.7. The molecule has 22 heavy (non-hydrogen) atoms. The van der Waals surface area contributed by atoms with Crippen molar-refractivity contribution >= 4 is 29.0 Å². The summed E-state index contributed by atoms with van der Waals surface area (Å²) in [5.41, 5.74) is 8.04. The van der Waals surface area contributed by atoms with E-state index in [-0.39, 0.29) is 17.3 Å². The minimum absolute atomic E-state index is 0.186. The number of hydrogen-bond acceptors (Lipinski definition) is 5. The van der Waals surface area contributed by atoms with Gasteiger partial charge < -0.3 is 11.1 Å². The molecule has 0 spiro atoms. The van der Waals surface area contributed by atoms with E-state index >= 15 is 0 Å². The molecular formula is C14H17N5O2S. The molecule has 3 rings (SSSR count). The van der Waals surface area contributed by atoms with Crippen LogP contribution in [0.1, 0.15) is 57.3 Å². The molecule has 0 unspecified atom stereocenters. The highest BCUT2D eigenvalue weighted by molar-refractivity contribution is 7.12. The van der Waals surface area contributed by atoms with E-state index in [1.807, 2.05) is 0 Å². The van der Waals surface area contributed by atoms with Crippen LogP contribution in [0.5, 0.6) is 0 Å². The fourth-order valence-electron chi connectivity index (χ4n) is 2.84. The number of aryl methyl sites for hydroxylation is 1. The van der Waals surface area contributed by atoms with Gasteiger partial charge in [-0.3, -0.25) is 14.3 Å². The maximum Gasteiger partial charge on any atom is 0.268 e. The molecular weight excluding hydrogens is 302 g/mol. The number of nitrogens with one attached hydrogen (secondary N) is 1. The number of hydrogen-bond donors (Lipinski definition) is 2. The number of primary amides is 1. The summed E-state index contributed by atoms with van der Waals surface area (Å²) in [7, 11) is 1.67. The van der Waals surface area contributed by atoms with Crippen LogP contribution < -0.4 is 11.1 Å². The number of nitrogens with zero attached hydrogens (tertiary/aromatic N) is 3. The van der Waals surface area contributed by atoms with E-state index in [4.69, 9.17) is 5.73 Å². The number of amides is 2. The van der Waals surface area contributed by atoms with Crippen molar-refractivity contribution in [1.82, 2.24) is 14.8 Å². The van der Waals surface area contributed by atoms with Crippen molar-refractivity contribution in [3.63, 3.8) is 0 Å². The topological polar surface area (TPSA) is 103 Å². The van der Waals surface area contributed by atoms with Crippen molar-refractivity contribution in [2.75, 3.05) is 5.32 Å².